The quantitative estimate of drug-likeness (QED) is 0.749. The van der Waals surface area contributed by atoms with Gasteiger partial charge in [0.1, 0.15) is 5.82 Å². The van der Waals surface area contributed by atoms with Crippen LogP contribution in [0.2, 0.25) is 0 Å². The van der Waals surface area contributed by atoms with E-state index in [2.05, 4.69) is 15.1 Å². The van der Waals surface area contributed by atoms with Gasteiger partial charge in [-0.15, -0.1) is 0 Å². The van der Waals surface area contributed by atoms with E-state index in [4.69, 9.17) is 0 Å². The maximum Gasteiger partial charge on any atom is 0.228 e. The SMILES string of the molecule is O=C([O-])C1CC=CCC1C(=O)Nc1ccc(N2CCN(c3ccc(F)cc3)CC2)cc1. The number of carboxylic acids is 1. The van der Waals surface area contributed by atoms with Crippen molar-refractivity contribution in [1.82, 2.24) is 0 Å². The highest BCUT2D eigenvalue weighted by atomic mass is 19.1. The molecule has 0 saturated carbocycles. The first-order valence-corrected chi connectivity index (χ1v) is 10.5. The fraction of sp³-hybridized carbons (Fsp3) is 0.333. The van der Waals surface area contributed by atoms with Gasteiger partial charge in [0.15, 0.2) is 0 Å². The van der Waals surface area contributed by atoms with Crippen molar-refractivity contribution in [3.8, 4) is 0 Å². The van der Waals surface area contributed by atoms with Crippen LogP contribution in [0.4, 0.5) is 21.5 Å². The molecule has 1 N–H and O–H groups in total. The molecule has 31 heavy (non-hydrogen) atoms. The monoisotopic (exact) mass is 422 g/mol. The van der Waals surface area contributed by atoms with Crippen molar-refractivity contribution in [2.45, 2.75) is 12.8 Å². The summed E-state index contributed by atoms with van der Waals surface area (Å²) in [5.41, 5.74) is 2.72. The number of nitrogens with one attached hydrogen (secondary N) is 1. The molecule has 2 unspecified atom stereocenters. The molecule has 162 valence electrons. The number of halogens is 1. The first kappa shape index (κ1) is 20.9. The summed E-state index contributed by atoms with van der Waals surface area (Å²) in [5, 5.41) is 14.2. The van der Waals surface area contributed by atoms with Crippen molar-refractivity contribution in [1.29, 1.82) is 0 Å². The summed E-state index contributed by atoms with van der Waals surface area (Å²) in [5.74, 6) is -3.11. The number of rotatable bonds is 5. The van der Waals surface area contributed by atoms with Crippen LogP contribution < -0.4 is 20.2 Å². The van der Waals surface area contributed by atoms with E-state index < -0.39 is 17.8 Å². The third kappa shape index (κ3) is 4.87. The molecule has 1 aliphatic heterocycles. The Kier molecular flexibility index (Phi) is 6.21. The van der Waals surface area contributed by atoms with Gasteiger partial charge in [-0.1, -0.05) is 12.2 Å². The van der Waals surface area contributed by atoms with Gasteiger partial charge >= 0.3 is 0 Å². The smallest absolute Gasteiger partial charge is 0.228 e. The van der Waals surface area contributed by atoms with Gasteiger partial charge in [-0.3, -0.25) is 4.79 Å². The molecular weight excluding hydrogens is 397 g/mol. The second-order valence-electron chi connectivity index (χ2n) is 7.96. The predicted molar refractivity (Wildman–Crippen MR) is 116 cm³/mol. The predicted octanol–water partition coefficient (Wildman–Crippen LogP) is 2.42. The summed E-state index contributed by atoms with van der Waals surface area (Å²) in [6.07, 6.45) is 4.36. The number of anilines is 3. The van der Waals surface area contributed by atoms with Gasteiger partial charge in [-0.25, -0.2) is 4.39 Å². The Morgan fingerprint density at radius 1 is 0.806 bits per heavy atom. The number of amides is 1. The molecule has 2 aromatic rings. The minimum absolute atomic E-state index is 0.232. The molecule has 7 heteroatoms. The number of carbonyl (C=O) groups excluding carboxylic acids is 2. The molecule has 0 bridgehead atoms. The zero-order valence-corrected chi connectivity index (χ0v) is 17.2. The third-order valence-corrected chi connectivity index (χ3v) is 6.04. The molecule has 2 atom stereocenters. The number of carboxylic acid groups (broad SMARTS) is 1. The second-order valence-corrected chi connectivity index (χ2v) is 7.96. The molecule has 1 saturated heterocycles. The molecule has 0 aromatic heterocycles. The van der Waals surface area contributed by atoms with Crippen molar-refractivity contribution in [2.24, 2.45) is 11.8 Å². The van der Waals surface area contributed by atoms with Gasteiger partial charge in [-0.2, -0.15) is 0 Å². The lowest BCUT2D eigenvalue weighted by Crippen LogP contribution is -2.46. The van der Waals surface area contributed by atoms with Crippen LogP contribution in [0.3, 0.4) is 0 Å². The summed E-state index contributed by atoms with van der Waals surface area (Å²) < 4.78 is 13.1. The molecule has 4 rings (SSSR count). The molecule has 2 aromatic carbocycles. The topological polar surface area (TPSA) is 75.7 Å². The van der Waals surface area contributed by atoms with E-state index in [1.165, 1.54) is 12.1 Å². The Balaban J connectivity index is 1.33. The van der Waals surface area contributed by atoms with Crippen LogP contribution in [0.15, 0.2) is 60.7 Å². The van der Waals surface area contributed by atoms with E-state index in [9.17, 15) is 19.1 Å². The summed E-state index contributed by atoms with van der Waals surface area (Å²) in [6, 6.07) is 14.2. The Morgan fingerprint density at radius 3 is 1.81 bits per heavy atom. The average molecular weight is 422 g/mol. The Bertz CT molecular complexity index is 951. The molecular formula is C24H25FN3O3-. The summed E-state index contributed by atoms with van der Waals surface area (Å²) in [4.78, 5) is 28.4. The van der Waals surface area contributed by atoms with Crippen molar-refractivity contribution in [3.05, 3.63) is 66.5 Å². The van der Waals surface area contributed by atoms with E-state index in [1.54, 1.807) is 18.2 Å². The van der Waals surface area contributed by atoms with Crippen molar-refractivity contribution in [3.63, 3.8) is 0 Å². The normalized spacial score (nSPS) is 21.1. The van der Waals surface area contributed by atoms with Crippen LogP contribution in [-0.4, -0.2) is 38.1 Å². The van der Waals surface area contributed by atoms with Crippen LogP contribution in [-0.2, 0) is 9.59 Å². The molecule has 2 aliphatic rings. The van der Waals surface area contributed by atoms with Crippen LogP contribution in [0, 0.1) is 17.7 Å². The minimum atomic E-state index is -1.18. The number of carbonyl (C=O) groups is 2. The highest BCUT2D eigenvalue weighted by Gasteiger charge is 2.29. The van der Waals surface area contributed by atoms with Crippen molar-refractivity contribution in [2.75, 3.05) is 41.3 Å². The standard InChI is InChI=1S/C24H26FN3O3/c25-17-5-9-19(10-6-17)27-13-15-28(16-14-27)20-11-7-18(8-12-20)26-23(29)21-3-1-2-4-22(21)24(30)31/h1-2,5-12,21-22H,3-4,13-16H2,(H,26,29)(H,30,31)/p-1. The summed E-state index contributed by atoms with van der Waals surface area (Å²) in [7, 11) is 0. The van der Waals surface area contributed by atoms with Crippen LogP contribution >= 0.6 is 0 Å². The molecule has 1 aliphatic carbocycles. The Hall–Kier alpha value is -3.35. The molecule has 1 amide bonds. The first-order valence-electron chi connectivity index (χ1n) is 10.5. The largest absolute Gasteiger partial charge is 0.550 e. The molecule has 0 radical (unpaired) electrons. The van der Waals surface area contributed by atoms with Crippen molar-refractivity contribution >= 4 is 28.9 Å². The van der Waals surface area contributed by atoms with Gasteiger partial charge < -0.3 is 25.0 Å². The van der Waals surface area contributed by atoms with Crippen LogP contribution in [0.1, 0.15) is 12.8 Å². The third-order valence-electron chi connectivity index (χ3n) is 6.04. The molecule has 6 nitrogen and oxygen atoms in total. The van der Waals surface area contributed by atoms with Gasteiger partial charge in [0.2, 0.25) is 5.91 Å². The number of aliphatic carboxylic acids is 1. The highest BCUT2D eigenvalue weighted by Crippen LogP contribution is 2.27. The van der Waals surface area contributed by atoms with Crippen molar-refractivity contribution < 1.29 is 19.1 Å². The number of hydrogen-bond acceptors (Lipinski definition) is 5. The summed E-state index contributed by atoms with van der Waals surface area (Å²) in [6.45, 7) is 3.35. The summed E-state index contributed by atoms with van der Waals surface area (Å²) >= 11 is 0. The Labute approximate surface area is 181 Å². The van der Waals surface area contributed by atoms with Gasteiger partial charge in [0.25, 0.3) is 0 Å². The zero-order valence-electron chi connectivity index (χ0n) is 17.2. The number of hydrogen-bond donors (Lipinski definition) is 1. The van der Waals surface area contributed by atoms with Gasteiger partial charge in [0.05, 0.1) is 5.92 Å². The zero-order chi connectivity index (χ0) is 21.8. The van der Waals surface area contributed by atoms with Crippen LogP contribution in [0.25, 0.3) is 0 Å². The highest BCUT2D eigenvalue weighted by molar-refractivity contribution is 5.95. The van der Waals surface area contributed by atoms with E-state index >= 15 is 0 Å². The van der Waals surface area contributed by atoms with E-state index in [-0.39, 0.29) is 11.7 Å². The Morgan fingerprint density at radius 2 is 1.29 bits per heavy atom. The molecule has 1 heterocycles. The maximum absolute atomic E-state index is 13.1. The number of benzene rings is 2. The fourth-order valence-corrected chi connectivity index (χ4v) is 4.23. The number of piperazine rings is 1. The second kappa shape index (κ2) is 9.20. The van der Waals surface area contributed by atoms with E-state index in [0.29, 0.717) is 18.5 Å². The van der Waals surface area contributed by atoms with E-state index in [0.717, 1.165) is 37.6 Å². The van der Waals surface area contributed by atoms with Crippen LogP contribution in [0.5, 0.6) is 0 Å². The van der Waals surface area contributed by atoms with E-state index in [1.807, 2.05) is 30.3 Å². The minimum Gasteiger partial charge on any atom is -0.550 e. The fourth-order valence-electron chi connectivity index (χ4n) is 4.23. The maximum atomic E-state index is 13.1. The first-order chi connectivity index (χ1) is 15.0. The lowest BCUT2D eigenvalue weighted by molar-refractivity contribution is -0.313. The lowest BCUT2D eigenvalue weighted by atomic mass is 9.82. The number of nitrogens with zero attached hydrogens (tertiary/aromatic N) is 2. The average Bonchev–Trinajstić information content (AvgIpc) is 2.80. The molecule has 0 spiro atoms. The van der Waals surface area contributed by atoms with Gasteiger partial charge in [0, 0.05) is 55.1 Å². The number of allylic oxidation sites excluding steroid dienone is 2. The lowest BCUT2D eigenvalue weighted by Gasteiger charge is -2.37. The van der Waals surface area contributed by atoms with Gasteiger partial charge in [-0.05, 0) is 61.4 Å². The molecule has 1 fully saturated rings.